The summed E-state index contributed by atoms with van der Waals surface area (Å²) in [4.78, 5) is 9.86. The van der Waals surface area contributed by atoms with Gasteiger partial charge in [0.2, 0.25) is 5.13 Å². The summed E-state index contributed by atoms with van der Waals surface area (Å²) < 4.78 is 4.56. The number of likely N-dealkylation sites (tertiary alicyclic amines) is 1. The van der Waals surface area contributed by atoms with Gasteiger partial charge < -0.3 is 9.80 Å². The Kier molecular flexibility index (Phi) is 5.57. The summed E-state index contributed by atoms with van der Waals surface area (Å²) >= 11 is 1.58. The van der Waals surface area contributed by atoms with Crippen LogP contribution in [0.15, 0.2) is 0 Å². The molecule has 0 aromatic carbocycles. The van der Waals surface area contributed by atoms with Crippen LogP contribution in [0.5, 0.6) is 0 Å². The Hall–Kier alpha value is -0.680. The van der Waals surface area contributed by atoms with Crippen molar-refractivity contribution in [3.05, 3.63) is 5.82 Å². The molecule has 5 heteroatoms. The van der Waals surface area contributed by atoms with Crippen molar-refractivity contribution in [3.8, 4) is 0 Å². The lowest BCUT2D eigenvalue weighted by atomic mass is 9.92. The van der Waals surface area contributed by atoms with E-state index in [9.17, 15) is 0 Å². The number of aromatic nitrogens is 2. The highest BCUT2D eigenvalue weighted by Crippen LogP contribution is 2.29. The van der Waals surface area contributed by atoms with Crippen molar-refractivity contribution in [2.45, 2.75) is 64.7 Å². The summed E-state index contributed by atoms with van der Waals surface area (Å²) in [6.45, 7) is 12.9. The molecule has 23 heavy (non-hydrogen) atoms. The van der Waals surface area contributed by atoms with Crippen molar-refractivity contribution in [3.63, 3.8) is 0 Å². The van der Waals surface area contributed by atoms with E-state index in [4.69, 9.17) is 4.98 Å². The van der Waals surface area contributed by atoms with Crippen LogP contribution in [0, 0.1) is 5.92 Å². The molecule has 4 nitrogen and oxygen atoms in total. The van der Waals surface area contributed by atoms with Gasteiger partial charge in [0, 0.05) is 30.0 Å². The van der Waals surface area contributed by atoms with E-state index in [0.717, 1.165) is 30.0 Å². The van der Waals surface area contributed by atoms with E-state index in [-0.39, 0.29) is 5.41 Å². The van der Waals surface area contributed by atoms with E-state index < -0.39 is 0 Å². The second-order valence-corrected chi connectivity index (χ2v) is 9.00. The van der Waals surface area contributed by atoms with Gasteiger partial charge in [0.25, 0.3) is 0 Å². The zero-order valence-corrected chi connectivity index (χ0v) is 15.9. The average Bonchev–Trinajstić information content (AvgIpc) is 3.19. The summed E-state index contributed by atoms with van der Waals surface area (Å²) in [5, 5.41) is 1.13. The van der Waals surface area contributed by atoms with Crippen LogP contribution in [0.25, 0.3) is 0 Å². The Morgan fingerprint density at radius 3 is 2.39 bits per heavy atom. The number of nitrogens with zero attached hydrogens (tertiary/aromatic N) is 4. The van der Waals surface area contributed by atoms with Gasteiger partial charge >= 0.3 is 0 Å². The minimum atomic E-state index is 0.0582. The molecule has 3 heterocycles. The zero-order chi connectivity index (χ0) is 16.3. The van der Waals surface area contributed by atoms with Crippen LogP contribution in [0.3, 0.4) is 0 Å². The first-order valence-corrected chi connectivity index (χ1v) is 10.1. The van der Waals surface area contributed by atoms with Crippen LogP contribution >= 0.6 is 11.5 Å². The van der Waals surface area contributed by atoms with Gasteiger partial charge in [-0.15, -0.1) is 0 Å². The Labute approximate surface area is 145 Å². The van der Waals surface area contributed by atoms with Crippen molar-refractivity contribution < 1.29 is 0 Å². The first-order chi connectivity index (χ1) is 11.0. The zero-order valence-electron chi connectivity index (χ0n) is 15.1. The molecule has 2 fully saturated rings. The van der Waals surface area contributed by atoms with Crippen molar-refractivity contribution in [2.75, 3.05) is 37.6 Å². The Morgan fingerprint density at radius 2 is 1.78 bits per heavy atom. The van der Waals surface area contributed by atoms with Crippen LogP contribution in [0.2, 0.25) is 0 Å². The lowest BCUT2D eigenvalue weighted by Gasteiger charge is -2.31. The molecule has 0 radical (unpaired) electrons. The fraction of sp³-hybridized carbons (Fsp3) is 0.889. The molecule has 2 aliphatic heterocycles. The average molecular weight is 337 g/mol. The van der Waals surface area contributed by atoms with Gasteiger partial charge in [-0.05, 0) is 64.1 Å². The normalized spacial score (nSPS) is 21.3. The largest absolute Gasteiger partial charge is 0.347 e. The van der Waals surface area contributed by atoms with Crippen LogP contribution in [-0.2, 0) is 5.41 Å². The number of piperidine rings is 1. The van der Waals surface area contributed by atoms with Gasteiger partial charge in [0.1, 0.15) is 5.82 Å². The maximum Gasteiger partial charge on any atom is 0.205 e. The SMILES string of the molecule is CC(C)(C)c1nsc(N2CCC(CCCN3CCCC3)CC2)n1. The van der Waals surface area contributed by atoms with Crippen molar-refractivity contribution in [1.82, 2.24) is 14.3 Å². The minimum absolute atomic E-state index is 0.0582. The van der Waals surface area contributed by atoms with Crippen LogP contribution in [0.4, 0.5) is 5.13 Å². The third kappa shape index (κ3) is 4.66. The van der Waals surface area contributed by atoms with E-state index in [1.165, 1.54) is 58.2 Å². The molecule has 2 saturated heterocycles. The third-order valence-electron chi connectivity index (χ3n) is 5.26. The number of rotatable bonds is 5. The fourth-order valence-corrected chi connectivity index (χ4v) is 4.58. The topological polar surface area (TPSA) is 32.3 Å². The molecule has 0 saturated carbocycles. The molecule has 1 aromatic rings. The lowest BCUT2D eigenvalue weighted by molar-refractivity contribution is 0.299. The third-order valence-corrected chi connectivity index (χ3v) is 6.03. The minimum Gasteiger partial charge on any atom is -0.347 e. The van der Waals surface area contributed by atoms with Crippen LogP contribution in [-0.4, -0.2) is 47.0 Å². The highest BCUT2D eigenvalue weighted by molar-refractivity contribution is 7.09. The maximum atomic E-state index is 4.77. The van der Waals surface area contributed by atoms with E-state index in [1.54, 1.807) is 11.5 Å². The van der Waals surface area contributed by atoms with E-state index in [0.29, 0.717) is 0 Å². The molecular formula is C18H32N4S. The second-order valence-electron chi connectivity index (χ2n) is 8.27. The molecule has 2 aliphatic rings. The van der Waals surface area contributed by atoms with E-state index >= 15 is 0 Å². The highest BCUT2D eigenvalue weighted by Gasteiger charge is 2.25. The van der Waals surface area contributed by atoms with Crippen molar-refractivity contribution >= 4 is 16.7 Å². The van der Waals surface area contributed by atoms with Gasteiger partial charge in [-0.1, -0.05) is 20.8 Å². The standard InChI is InChI=1S/C18H32N4S/c1-18(2,3)16-19-17(23-20-16)22-13-8-15(9-14-22)7-6-12-21-10-4-5-11-21/h15H,4-14H2,1-3H3. The predicted octanol–water partition coefficient (Wildman–Crippen LogP) is 3.93. The first-order valence-electron chi connectivity index (χ1n) is 9.34. The molecule has 0 atom stereocenters. The van der Waals surface area contributed by atoms with Crippen LogP contribution in [0.1, 0.15) is 65.1 Å². The molecule has 1 aromatic heterocycles. The Morgan fingerprint density at radius 1 is 1.09 bits per heavy atom. The molecule has 0 aliphatic carbocycles. The second kappa shape index (κ2) is 7.47. The number of anilines is 1. The Bertz CT molecular complexity index is 479. The first kappa shape index (κ1) is 17.2. The monoisotopic (exact) mass is 336 g/mol. The van der Waals surface area contributed by atoms with Crippen molar-refractivity contribution in [2.24, 2.45) is 5.92 Å². The van der Waals surface area contributed by atoms with E-state index in [1.807, 2.05) is 0 Å². The summed E-state index contributed by atoms with van der Waals surface area (Å²) in [6.07, 6.45) is 8.27. The molecular weight excluding hydrogens is 304 g/mol. The smallest absolute Gasteiger partial charge is 0.205 e. The van der Waals surface area contributed by atoms with Gasteiger partial charge in [0.15, 0.2) is 0 Å². The Balaban J connectivity index is 1.40. The molecule has 130 valence electrons. The summed E-state index contributed by atoms with van der Waals surface area (Å²) in [5.41, 5.74) is 0.0582. The highest BCUT2D eigenvalue weighted by atomic mass is 32.1. The van der Waals surface area contributed by atoms with Crippen LogP contribution < -0.4 is 4.90 Å². The number of hydrogen-bond acceptors (Lipinski definition) is 5. The fourth-order valence-electron chi connectivity index (χ4n) is 3.67. The number of hydrogen-bond donors (Lipinski definition) is 0. The van der Waals surface area contributed by atoms with Gasteiger partial charge in [-0.2, -0.15) is 4.37 Å². The molecule has 0 unspecified atom stereocenters. The van der Waals surface area contributed by atoms with E-state index in [2.05, 4.69) is 34.9 Å². The maximum absolute atomic E-state index is 4.77. The molecule has 0 spiro atoms. The van der Waals surface area contributed by atoms with Gasteiger partial charge in [-0.3, -0.25) is 0 Å². The molecule has 3 rings (SSSR count). The summed E-state index contributed by atoms with van der Waals surface area (Å²) in [5.74, 6) is 1.91. The summed E-state index contributed by atoms with van der Waals surface area (Å²) in [6, 6.07) is 0. The lowest BCUT2D eigenvalue weighted by Crippen LogP contribution is -2.34. The van der Waals surface area contributed by atoms with Gasteiger partial charge in [-0.25, -0.2) is 4.98 Å². The predicted molar refractivity (Wildman–Crippen MR) is 98.5 cm³/mol. The summed E-state index contributed by atoms with van der Waals surface area (Å²) in [7, 11) is 0. The molecule has 0 amide bonds. The molecule has 0 N–H and O–H groups in total. The van der Waals surface area contributed by atoms with Gasteiger partial charge in [0.05, 0.1) is 0 Å². The molecule has 0 bridgehead atoms. The van der Waals surface area contributed by atoms with Crippen molar-refractivity contribution in [1.29, 1.82) is 0 Å². The quantitative estimate of drug-likeness (QED) is 0.815.